The van der Waals surface area contributed by atoms with E-state index in [-0.39, 0.29) is 0 Å². The Bertz CT molecular complexity index is 968. The van der Waals surface area contributed by atoms with E-state index >= 15 is 0 Å². The van der Waals surface area contributed by atoms with Crippen molar-refractivity contribution < 1.29 is 8.63 Å². The zero-order chi connectivity index (χ0) is 15.1. The highest BCUT2D eigenvalue weighted by molar-refractivity contribution is 9.10. The van der Waals surface area contributed by atoms with Crippen molar-refractivity contribution in [2.75, 3.05) is 6.26 Å². The maximum absolute atomic E-state index is 11.6. The van der Waals surface area contributed by atoms with Gasteiger partial charge in [0.2, 0.25) is 0 Å². The molecule has 0 saturated heterocycles. The second-order valence-corrected chi connectivity index (χ2v) is 7.12. The maximum atomic E-state index is 11.6. The van der Waals surface area contributed by atoms with Crippen LogP contribution in [-0.2, 0) is 11.0 Å². The Hall–Kier alpha value is -1.10. The molecule has 0 spiro atoms. The summed E-state index contributed by atoms with van der Waals surface area (Å²) >= 11 is 3.45. The zero-order valence-corrected chi connectivity index (χ0v) is 14.9. The van der Waals surface area contributed by atoms with Gasteiger partial charge in [-0.1, -0.05) is 25.2 Å². The lowest BCUT2D eigenvalue weighted by Gasteiger charge is -2.07. The lowest BCUT2D eigenvalue weighted by Crippen LogP contribution is -2.12. The van der Waals surface area contributed by atoms with Crippen LogP contribution in [0.15, 0.2) is 37.6 Å². The van der Waals surface area contributed by atoms with Crippen molar-refractivity contribution in [2.24, 2.45) is 4.40 Å². The summed E-state index contributed by atoms with van der Waals surface area (Å²) in [6.45, 7) is 1.91. The minimum absolute atomic E-state index is 0.643. The molecule has 0 aliphatic heterocycles. The van der Waals surface area contributed by atoms with E-state index < -0.39 is 11.0 Å². The Labute approximate surface area is 134 Å². The molecule has 2 heterocycles. The van der Waals surface area contributed by atoms with Crippen LogP contribution in [0.3, 0.4) is 0 Å². The second kappa shape index (κ2) is 5.59. The highest BCUT2D eigenvalue weighted by Gasteiger charge is 2.11. The van der Waals surface area contributed by atoms with Gasteiger partial charge >= 0.3 is 0 Å². The fourth-order valence-corrected chi connectivity index (χ4v) is 3.46. The van der Waals surface area contributed by atoms with E-state index in [1.807, 2.05) is 31.2 Å². The van der Waals surface area contributed by atoms with Gasteiger partial charge in [-0.15, -0.1) is 0 Å². The first kappa shape index (κ1) is 14.8. The average molecular weight is 383 g/mol. The molecule has 2 atom stereocenters. The number of aryl methyl sites for hydroxylation is 1. The Morgan fingerprint density at radius 3 is 2.81 bits per heavy atom. The van der Waals surface area contributed by atoms with E-state index in [9.17, 15) is 4.21 Å². The molecule has 0 radical (unpaired) electrons. The lowest BCUT2D eigenvalue weighted by atomic mass is 10.1. The molecule has 0 aliphatic rings. The highest BCUT2D eigenvalue weighted by atomic mass is 79.9. The van der Waals surface area contributed by atoms with Crippen molar-refractivity contribution in [3.05, 3.63) is 39.8 Å². The van der Waals surface area contributed by atoms with Gasteiger partial charge in [0, 0.05) is 27.2 Å². The predicted octanol–water partition coefficient (Wildman–Crippen LogP) is 2.75. The minimum Gasteiger partial charge on any atom is -0.454 e. The van der Waals surface area contributed by atoms with Gasteiger partial charge in [-0.05, 0) is 31.2 Å². The summed E-state index contributed by atoms with van der Waals surface area (Å²) in [6, 6.07) is 7.58. The maximum Gasteiger partial charge on any atom is 0.162 e. The third-order valence-corrected chi connectivity index (χ3v) is 4.34. The Kier molecular flexibility index (Phi) is 3.95. The van der Waals surface area contributed by atoms with Crippen LogP contribution in [-0.4, -0.2) is 15.4 Å². The number of hydrogen-bond donors (Lipinski definition) is 0. The Morgan fingerprint density at radius 1 is 1.33 bits per heavy atom. The van der Waals surface area contributed by atoms with Crippen LogP contribution in [0.5, 0.6) is 0 Å². The number of benzene rings is 1. The summed E-state index contributed by atoms with van der Waals surface area (Å²) in [7, 11) is 1.27. The minimum atomic E-state index is -1.31. The fourth-order valence-electron chi connectivity index (χ4n) is 2.23. The third-order valence-electron chi connectivity index (χ3n) is 3.01. The predicted molar refractivity (Wildman–Crippen MR) is 92.9 cm³/mol. The molecular formula is C14H12BrN2O2PS. The average Bonchev–Trinajstić information content (AvgIpc) is 2.39. The van der Waals surface area contributed by atoms with E-state index in [0.29, 0.717) is 22.0 Å². The summed E-state index contributed by atoms with van der Waals surface area (Å²) in [4.78, 5) is 4.39. The molecule has 21 heavy (non-hydrogen) atoms. The van der Waals surface area contributed by atoms with Crippen LogP contribution < -0.4 is 10.8 Å². The van der Waals surface area contributed by atoms with Crippen LogP contribution in [0.1, 0.15) is 5.69 Å². The molecule has 0 saturated carbocycles. The number of rotatable bonds is 1. The molecule has 108 valence electrons. The molecule has 0 amide bonds. The van der Waals surface area contributed by atoms with E-state index in [1.54, 1.807) is 6.26 Å². The van der Waals surface area contributed by atoms with E-state index in [4.69, 9.17) is 4.42 Å². The van der Waals surface area contributed by atoms with Crippen molar-refractivity contribution in [1.29, 1.82) is 0 Å². The van der Waals surface area contributed by atoms with Crippen LogP contribution in [0.2, 0.25) is 0 Å². The third kappa shape index (κ3) is 2.80. The highest BCUT2D eigenvalue weighted by Crippen LogP contribution is 2.22. The van der Waals surface area contributed by atoms with Crippen LogP contribution >= 0.6 is 25.2 Å². The van der Waals surface area contributed by atoms with Crippen LogP contribution in [0.25, 0.3) is 21.9 Å². The van der Waals surface area contributed by atoms with Crippen LogP contribution in [0.4, 0.5) is 0 Å². The summed E-state index contributed by atoms with van der Waals surface area (Å²) in [5, 5.41) is 2.30. The first-order valence-corrected chi connectivity index (χ1v) is 9.01. The van der Waals surface area contributed by atoms with Gasteiger partial charge in [0.25, 0.3) is 0 Å². The largest absolute Gasteiger partial charge is 0.454 e. The molecule has 2 unspecified atom stereocenters. The van der Waals surface area contributed by atoms with Crippen molar-refractivity contribution >= 4 is 63.5 Å². The van der Waals surface area contributed by atoms with Gasteiger partial charge < -0.3 is 4.42 Å². The lowest BCUT2D eigenvalue weighted by molar-refractivity contribution is 0.660. The number of nitrogens with zero attached hydrogens (tertiary/aromatic N) is 2. The monoisotopic (exact) mass is 382 g/mol. The molecule has 2 aromatic heterocycles. The number of hydrogen-bond acceptors (Lipinski definition) is 3. The number of aromatic nitrogens is 1. The molecule has 4 nitrogen and oxygen atoms in total. The summed E-state index contributed by atoms with van der Waals surface area (Å²) in [5.41, 5.74) is 2.90. The van der Waals surface area contributed by atoms with Gasteiger partial charge in [0.05, 0.1) is 5.36 Å². The SMILES string of the molecule is Cc1cc2/c(=N\S(C)=O)c3cc(Br)ccc3oc2c(P)n1. The smallest absolute Gasteiger partial charge is 0.162 e. The number of fused-ring (bicyclic) bond motifs is 2. The summed E-state index contributed by atoms with van der Waals surface area (Å²) in [6.07, 6.45) is 1.55. The number of pyridine rings is 1. The van der Waals surface area contributed by atoms with Crippen molar-refractivity contribution in [2.45, 2.75) is 6.92 Å². The summed E-state index contributed by atoms with van der Waals surface area (Å²) < 4.78 is 22.8. The van der Waals surface area contributed by atoms with Gasteiger partial charge in [0.1, 0.15) is 22.0 Å². The Balaban J connectivity index is 2.66. The molecule has 0 aliphatic carbocycles. The van der Waals surface area contributed by atoms with E-state index in [2.05, 4.69) is 34.6 Å². The zero-order valence-electron chi connectivity index (χ0n) is 11.4. The van der Waals surface area contributed by atoms with Crippen molar-refractivity contribution in [3.63, 3.8) is 0 Å². The number of halogens is 1. The molecule has 7 heteroatoms. The summed E-state index contributed by atoms with van der Waals surface area (Å²) in [5.74, 6) is 0. The fraction of sp³-hybridized carbons (Fsp3) is 0.143. The molecule has 1 aromatic carbocycles. The van der Waals surface area contributed by atoms with Crippen LogP contribution in [0, 0.1) is 6.92 Å². The molecule has 0 N–H and O–H groups in total. The quantitative estimate of drug-likeness (QED) is 0.480. The van der Waals surface area contributed by atoms with Gasteiger partial charge in [-0.25, -0.2) is 4.21 Å². The van der Waals surface area contributed by atoms with E-state index in [0.717, 1.165) is 20.9 Å². The first-order valence-electron chi connectivity index (χ1n) is 6.13. The second-order valence-electron chi connectivity index (χ2n) is 4.63. The first-order chi connectivity index (χ1) is 9.95. The molecule has 3 aromatic rings. The van der Waals surface area contributed by atoms with Crippen molar-refractivity contribution in [3.8, 4) is 0 Å². The van der Waals surface area contributed by atoms with Gasteiger partial charge in [0.15, 0.2) is 5.58 Å². The standard InChI is InChI=1S/C14H12BrN2O2PS/c1-7-5-10-12(17-21(2)18)9-6-8(15)3-4-11(9)19-13(10)14(20)16-7/h3-6H,20H2,1-2H3/b17-12-. The van der Waals surface area contributed by atoms with Gasteiger partial charge in [-0.3, -0.25) is 4.98 Å². The molecule has 3 rings (SSSR count). The Morgan fingerprint density at radius 2 is 2.10 bits per heavy atom. The molecule has 0 fully saturated rings. The van der Waals surface area contributed by atoms with Crippen molar-refractivity contribution in [1.82, 2.24) is 4.98 Å². The molecule has 0 bridgehead atoms. The molecular weight excluding hydrogens is 371 g/mol. The van der Waals surface area contributed by atoms with Gasteiger partial charge in [-0.2, -0.15) is 4.40 Å². The van der Waals surface area contributed by atoms with E-state index in [1.165, 1.54) is 0 Å². The topological polar surface area (TPSA) is 55.5 Å². The normalized spacial score (nSPS) is 14.0.